The van der Waals surface area contributed by atoms with Crippen LogP contribution in [0.1, 0.15) is 31.9 Å². The highest BCUT2D eigenvalue weighted by atomic mass is 32.2. The average Bonchev–Trinajstić information content (AvgIpc) is 3.16. The van der Waals surface area contributed by atoms with Crippen LogP contribution in [0.4, 0.5) is 11.4 Å². The average molecular weight is 425 g/mol. The van der Waals surface area contributed by atoms with Crippen molar-refractivity contribution in [1.29, 1.82) is 0 Å². The van der Waals surface area contributed by atoms with Gasteiger partial charge in [0, 0.05) is 24.0 Å². The number of tetrazole rings is 1. The van der Waals surface area contributed by atoms with Crippen molar-refractivity contribution in [3.63, 3.8) is 0 Å². The number of aryl methyl sites for hydroxylation is 2. The molecule has 2 aromatic carbocycles. The Morgan fingerprint density at radius 2 is 1.90 bits per heavy atom. The van der Waals surface area contributed by atoms with Gasteiger partial charge in [0.1, 0.15) is 0 Å². The second-order valence-electron chi connectivity index (χ2n) is 7.43. The third kappa shape index (κ3) is 5.18. The molecule has 0 fully saturated rings. The van der Waals surface area contributed by atoms with E-state index in [1.54, 1.807) is 4.68 Å². The highest BCUT2D eigenvalue weighted by molar-refractivity contribution is 7.99. The van der Waals surface area contributed by atoms with Gasteiger partial charge in [-0.25, -0.2) is 0 Å². The number of rotatable bonds is 8. The number of amides is 1. The molecule has 0 atom stereocenters. The monoisotopic (exact) mass is 424 g/mol. The summed E-state index contributed by atoms with van der Waals surface area (Å²) >= 11 is 1.31. The molecule has 8 heteroatoms. The van der Waals surface area contributed by atoms with Crippen molar-refractivity contribution in [2.45, 2.75) is 45.8 Å². The fraction of sp³-hybridized carbons (Fsp3) is 0.364. The third-order valence-electron chi connectivity index (χ3n) is 4.80. The molecule has 0 radical (unpaired) electrons. The molecule has 0 bridgehead atoms. The predicted molar refractivity (Wildman–Crippen MR) is 123 cm³/mol. The van der Waals surface area contributed by atoms with E-state index in [1.165, 1.54) is 17.3 Å². The number of thioether (sulfide) groups is 1. The summed E-state index contributed by atoms with van der Waals surface area (Å²) in [6.07, 6.45) is 0. The molecule has 30 heavy (non-hydrogen) atoms. The van der Waals surface area contributed by atoms with Crippen LogP contribution >= 0.6 is 11.8 Å². The summed E-state index contributed by atoms with van der Waals surface area (Å²) in [5, 5.41) is 15.5. The molecule has 0 unspecified atom stereocenters. The van der Waals surface area contributed by atoms with E-state index < -0.39 is 0 Å². The number of hydrogen-bond acceptors (Lipinski definition) is 6. The van der Waals surface area contributed by atoms with Crippen LogP contribution in [-0.2, 0) is 4.79 Å². The normalized spacial score (nSPS) is 11.0. The van der Waals surface area contributed by atoms with E-state index in [1.807, 2.05) is 50.2 Å². The van der Waals surface area contributed by atoms with Crippen LogP contribution in [0.25, 0.3) is 5.69 Å². The quantitative estimate of drug-likeness (QED) is 0.545. The second-order valence-corrected chi connectivity index (χ2v) is 8.37. The summed E-state index contributed by atoms with van der Waals surface area (Å²) in [4.78, 5) is 14.7. The van der Waals surface area contributed by atoms with Crippen LogP contribution < -0.4 is 10.2 Å². The Morgan fingerprint density at radius 3 is 2.53 bits per heavy atom. The van der Waals surface area contributed by atoms with Crippen molar-refractivity contribution in [1.82, 2.24) is 20.2 Å². The number of nitrogens with one attached hydrogen (secondary N) is 1. The van der Waals surface area contributed by atoms with Crippen LogP contribution in [0.15, 0.2) is 47.6 Å². The zero-order valence-corrected chi connectivity index (χ0v) is 18.9. The molecular formula is C22H28N6OS. The summed E-state index contributed by atoms with van der Waals surface area (Å²) < 4.78 is 1.67. The Bertz CT molecular complexity index is 999. The second kappa shape index (κ2) is 9.75. The number of carbonyl (C=O) groups excluding carboxylic acids is 1. The molecule has 0 spiro atoms. The van der Waals surface area contributed by atoms with E-state index in [0.29, 0.717) is 11.2 Å². The fourth-order valence-electron chi connectivity index (χ4n) is 3.37. The first-order valence-electron chi connectivity index (χ1n) is 10.0. The smallest absolute Gasteiger partial charge is 0.234 e. The maximum Gasteiger partial charge on any atom is 0.234 e. The SMILES string of the molecule is CCN(c1ccc(NC(=O)CSc2nnnn2-c2ccc(C)cc2C)cc1)C(C)C. The zero-order chi connectivity index (χ0) is 21.7. The van der Waals surface area contributed by atoms with Gasteiger partial charge in [-0.05, 0) is 80.9 Å². The molecule has 0 aliphatic carbocycles. The van der Waals surface area contributed by atoms with Gasteiger partial charge in [0.2, 0.25) is 11.1 Å². The van der Waals surface area contributed by atoms with Gasteiger partial charge < -0.3 is 10.2 Å². The number of nitrogens with zero attached hydrogens (tertiary/aromatic N) is 5. The minimum absolute atomic E-state index is 0.0980. The third-order valence-corrected chi connectivity index (χ3v) is 5.72. The van der Waals surface area contributed by atoms with Crippen LogP contribution in [-0.4, -0.2) is 44.5 Å². The minimum atomic E-state index is -0.0980. The highest BCUT2D eigenvalue weighted by Crippen LogP contribution is 2.23. The Labute approximate surface area is 181 Å². The standard InChI is InChI=1S/C22H28N6OS/c1-6-27(15(2)3)19-10-8-18(9-11-19)23-21(29)14-30-22-24-25-26-28(22)20-12-7-16(4)13-17(20)5/h7-13,15H,6,14H2,1-5H3,(H,23,29). The molecule has 0 aliphatic heterocycles. The lowest BCUT2D eigenvalue weighted by molar-refractivity contribution is -0.113. The van der Waals surface area contributed by atoms with Gasteiger partial charge in [-0.3, -0.25) is 4.79 Å². The van der Waals surface area contributed by atoms with Crippen molar-refractivity contribution in [3.8, 4) is 5.69 Å². The predicted octanol–water partition coefficient (Wildman–Crippen LogP) is 4.24. The van der Waals surface area contributed by atoms with E-state index in [9.17, 15) is 4.79 Å². The van der Waals surface area contributed by atoms with Gasteiger partial charge in [-0.2, -0.15) is 4.68 Å². The maximum atomic E-state index is 12.4. The zero-order valence-electron chi connectivity index (χ0n) is 18.1. The Balaban J connectivity index is 1.61. The number of benzene rings is 2. The van der Waals surface area contributed by atoms with Crippen molar-refractivity contribution in [2.75, 3.05) is 22.5 Å². The van der Waals surface area contributed by atoms with Crippen LogP contribution in [0.2, 0.25) is 0 Å². The van der Waals surface area contributed by atoms with Crippen LogP contribution in [0.5, 0.6) is 0 Å². The van der Waals surface area contributed by atoms with E-state index >= 15 is 0 Å². The molecule has 7 nitrogen and oxygen atoms in total. The first-order chi connectivity index (χ1) is 14.4. The van der Waals surface area contributed by atoms with E-state index in [-0.39, 0.29) is 11.7 Å². The molecular weight excluding hydrogens is 396 g/mol. The fourth-order valence-corrected chi connectivity index (χ4v) is 4.06. The molecule has 1 amide bonds. The van der Waals surface area contributed by atoms with Crippen molar-refractivity contribution >= 4 is 29.0 Å². The van der Waals surface area contributed by atoms with Crippen molar-refractivity contribution in [3.05, 3.63) is 53.6 Å². The Hall–Kier alpha value is -2.87. The molecule has 0 saturated carbocycles. The lowest BCUT2D eigenvalue weighted by Crippen LogP contribution is -2.30. The van der Waals surface area contributed by atoms with Gasteiger partial charge in [0.15, 0.2) is 0 Å². The molecule has 158 valence electrons. The molecule has 1 heterocycles. The molecule has 0 saturated heterocycles. The lowest BCUT2D eigenvalue weighted by Gasteiger charge is -2.27. The molecule has 1 N–H and O–H groups in total. The van der Waals surface area contributed by atoms with Crippen LogP contribution in [0.3, 0.4) is 0 Å². The number of anilines is 2. The minimum Gasteiger partial charge on any atom is -0.369 e. The van der Waals surface area contributed by atoms with Gasteiger partial charge in [0.05, 0.1) is 11.4 Å². The van der Waals surface area contributed by atoms with Crippen molar-refractivity contribution < 1.29 is 4.79 Å². The summed E-state index contributed by atoms with van der Waals surface area (Å²) in [6.45, 7) is 11.5. The first-order valence-corrected chi connectivity index (χ1v) is 11.0. The summed E-state index contributed by atoms with van der Waals surface area (Å²) in [6, 6.07) is 14.5. The number of aromatic nitrogens is 4. The molecule has 1 aromatic heterocycles. The Morgan fingerprint density at radius 1 is 1.17 bits per heavy atom. The number of carbonyl (C=O) groups is 1. The summed E-state index contributed by atoms with van der Waals surface area (Å²) in [7, 11) is 0. The molecule has 0 aliphatic rings. The van der Waals surface area contributed by atoms with Gasteiger partial charge in [-0.15, -0.1) is 5.10 Å². The summed E-state index contributed by atoms with van der Waals surface area (Å²) in [5.74, 6) is 0.124. The van der Waals surface area contributed by atoms with Gasteiger partial charge in [-0.1, -0.05) is 29.5 Å². The Kier molecular flexibility index (Phi) is 7.10. The number of hydrogen-bond donors (Lipinski definition) is 1. The molecule has 3 aromatic rings. The lowest BCUT2D eigenvalue weighted by atomic mass is 10.1. The van der Waals surface area contributed by atoms with E-state index in [0.717, 1.165) is 29.2 Å². The topological polar surface area (TPSA) is 75.9 Å². The van der Waals surface area contributed by atoms with Gasteiger partial charge >= 0.3 is 0 Å². The van der Waals surface area contributed by atoms with E-state index in [2.05, 4.69) is 52.6 Å². The first kappa shape index (κ1) is 21.8. The highest BCUT2D eigenvalue weighted by Gasteiger charge is 2.14. The maximum absolute atomic E-state index is 12.4. The van der Waals surface area contributed by atoms with Crippen molar-refractivity contribution in [2.24, 2.45) is 0 Å². The van der Waals surface area contributed by atoms with Gasteiger partial charge in [0.25, 0.3) is 0 Å². The van der Waals surface area contributed by atoms with Crippen LogP contribution in [0, 0.1) is 13.8 Å². The molecule has 3 rings (SSSR count). The largest absolute Gasteiger partial charge is 0.369 e. The van der Waals surface area contributed by atoms with E-state index in [4.69, 9.17) is 0 Å². The summed E-state index contributed by atoms with van der Waals surface area (Å²) in [5.41, 5.74) is 5.09.